The van der Waals surface area contributed by atoms with Crippen molar-refractivity contribution in [2.24, 2.45) is 0 Å². The Hall–Kier alpha value is -2.17. The minimum absolute atomic E-state index is 0.117. The Labute approximate surface area is 132 Å². The number of fused-ring (bicyclic) bond motifs is 3. The zero-order valence-corrected chi connectivity index (χ0v) is 12.6. The van der Waals surface area contributed by atoms with Crippen molar-refractivity contribution in [2.75, 3.05) is 0 Å². The first kappa shape index (κ1) is 16.7. The maximum absolute atomic E-state index is 13.1. The SMILES string of the molecule is C[C@H]1Cn2nc(OC(F)F)cc2-c2cnc(C(C)(O)C(F)(F)F)n21. The molecule has 0 aliphatic carbocycles. The van der Waals surface area contributed by atoms with Gasteiger partial charge in [-0.25, -0.2) is 4.98 Å². The average molecular weight is 352 g/mol. The first-order valence-corrected chi connectivity index (χ1v) is 6.92. The van der Waals surface area contributed by atoms with Gasteiger partial charge in [0.15, 0.2) is 5.82 Å². The van der Waals surface area contributed by atoms with Crippen LogP contribution in [0.3, 0.4) is 0 Å². The third-order valence-corrected chi connectivity index (χ3v) is 3.89. The summed E-state index contributed by atoms with van der Waals surface area (Å²) in [6.07, 6.45) is -3.78. The summed E-state index contributed by atoms with van der Waals surface area (Å²) in [6, 6.07) is 0.663. The second-order valence-electron chi connectivity index (χ2n) is 5.68. The number of ether oxygens (including phenoxy) is 1. The Balaban J connectivity index is 2.10. The molecular formula is C13H13F5N4O2. The van der Waals surface area contributed by atoms with Crippen LogP contribution in [-0.4, -0.2) is 37.2 Å². The van der Waals surface area contributed by atoms with Crippen LogP contribution in [0.1, 0.15) is 25.7 Å². The fraction of sp³-hybridized carbons (Fsp3) is 0.538. The summed E-state index contributed by atoms with van der Waals surface area (Å²) in [6.45, 7) is -0.719. The molecule has 2 aromatic heterocycles. The van der Waals surface area contributed by atoms with Crippen LogP contribution in [0.4, 0.5) is 22.0 Å². The van der Waals surface area contributed by atoms with E-state index in [4.69, 9.17) is 0 Å². The van der Waals surface area contributed by atoms with Crippen molar-refractivity contribution in [2.45, 2.75) is 44.8 Å². The Morgan fingerprint density at radius 2 is 2.00 bits per heavy atom. The van der Waals surface area contributed by atoms with Crippen LogP contribution < -0.4 is 4.74 Å². The van der Waals surface area contributed by atoms with Gasteiger partial charge >= 0.3 is 12.8 Å². The molecule has 24 heavy (non-hydrogen) atoms. The number of hydrogen-bond donors (Lipinski definition) is 1. The van der Waals surface area contributed by atoms with Crippen LogP contribution in [0.2, 0.25) is 0 Å². The normalized spacial score (nSPS) is 19.8. The van der Waals surface area contributed by atoms with E-state index in [9.17, 15) is 27.1 Å². The van der Waals surface area contributed by atoms with Crippen LogP contribution in [0.25, 0.3) is 11.4 Å². The molecule has 0 saturated carbocycles. The minimum Gasteiger partial charge on any atom is -0.415 e. The molecule has 6 nitrogen and oxygen atoms in total. The van der Waals surface area contributed by atoms with E-state index in [0.717, 1.165) is 6.20 Å². The molecule has 0 aromatic carbocycles. The summed E-state index contributed by atoms with van der Waals surface area (Å²) in [4.78, 5) is 3.72. The second kappa shape index (κ2) is 5.16. The van der Waals surface area contributed by atoms with Gasteiger partial charge in [-0.15, -0.1) is 5.10 Å². The van der Waals surface area contributed by atoms with E-state index in [1.807, 2.05) is 0 Å². The van der Waals surface area contributed by atoms with Crippen LogP contribution in [0, 0.1) is 0 Å². The molecule has 11 heteroatoms. The van der Waals surface area contributed by atoms with Crippen molar-refractivity contribution in [1.82, 2.24) is 19.3 Å². The van der Waals surface area contributed by atoms with Gasteiger partial charge in [-0.1, -0.05) is 0 Å². The van der Waals surface area contributed by atoms with Gasteiger partial charge in [0.25, 0.3) is 0 Å². The molecule has 0 amide bonds. The first-order valence-electron chi connectivity index (χ1n) is 6.92. The van der Waals surface area contributed by atoms with Crippen molar-refractivity contribution in [3.8, 4) is 17.3 Å². The van der Waals surface area contributed by atoms with Gasteiger partial charge in [0.1, 0.15) is 0 Å². The first-order chi connectivity index (χ1) is 11.0. The monoisotopic (exact) mass is 352 g/mol. The van der Waals surface area contributed by atoms with Crippen molar-refractivity contribution < 1.29 is 31.8 Å². The van der Waals surface area contributed by atoms with Crippen molar-refractivity contribution in [3.05, 3.63) is 18.1 Å². The Morgan fingerprint density at radius 3 is 2.58 bits per heavy atom. The van der Waals surface area contributed by atoms with Crippen molar-refractivity contribution >= 4 is 0 Å². The number of halogens is 5. The predicted octanol–water partition coefficient (Wildman–Crippen LogP) is 2.69. The van der Waals surface area contributed by atoms with Gasteiger partial charge in [0, 0.05) is 6.07 Å². The van der Waals surface area contributed by atoms with E-state index in [2.05, 4.69) is 14.8 Å². The molecular weight excluding hydrogens is 339 g/mol. The predicted molar refractivity (Wildman–Crippen MR) is 70.4 cm³/mol. The summed E-state index contributed by atoms with van der Waals surface area (Å²) < 4.78 is 70.7. The highest BCUT2D eigenvalue weighted by Crippen LogP contribution is 2.42. The minimum atomic E-state index is -4.92. The fourth-order valence-electron chi connectivity index (χ4n) is 2.70. The van der Waals surface area contributed by atoms with Crippen LogP contribution in [0.5, 0.6) is 5.88 Å². The molecule has 0 bridgehead atoms. The summed E-state index contributed by atoms with van der Waals surface area (Å²) in [7, 11) is 0. The average Bonchev–Trinajstić information content (AvgIpc) is 3.00. The Bertz CT molecular complexity index is 765. The second-order valence-corrected chi connectivity index (χ2v) is 5.68. The van der Waals surface area contributed by atoms with E-state index in [0.29, 0.717) is 6.92 Å². The molecule has 1 aliphatic heterocycles. The van der Waals surface area contributed by atoms with E-state index in [1.54, 1.807) is 6.92 Å². The topological polar surface area (TPSA) is 65.1 Å². The maximum Gasteiger partial charge on any atom is 0.424 e. The number of imidazole rings is 1. The molecule has 3 heterocycles. The van der Waals surface area contributed by atoms with Gasteiger partial charge < -0.3 is 14.4 Å². The van der Waals surface area contributed by atoms with Crippen LogP contribution in [-0.2, 0) is 12.1 Å². The molecule has 1 unspecified atom stereocenters. The van der Waals surface area contributed by atoms with Crippen molar-refractivity contribution in [1.29, 1.82) is 0 Å². The van der Waals surface area contributed by atoms with Gasteiger partial charge in [-0.2, -0.15) is 22.0 Å². The summed E-state index contributed by atoms with van der Waals surface area (Å²) in [5.74, 6) is -0.910. The number of alkyl halides is 5. The molecule has 1 aliphatic rings. The molecule has 0 spiro atoms. The highest BCUT2D eigenvalue weighted by atomic mass is 19.4. The molecule has 0 radical (unpaired) electrons. The lowest BCUT2D eigenvalue weighted by Crippen LogP contribution is -2.42. The molecule has 2 atom stereocenters. The largest absolute Gasteiger partial charge is 0.424 e. The number of aliphatic hydroxyl groups is 1. The summed E-state index contributed by atoms with van der Waals surface area (Å²) >= 11 is 0. The Morgan fingerprint density at radius 1 is 1.33 bits per heavy atom. The smallest absolute Gasteiger partial charge is 0.415 e. The maximum atomic E-state index is 13.1. The fourth-order valence-corrected chi connectivity index (χ4v) is 2.70. The standard InChI is InChI=1S/C13H13F5N4O2/c1-6-5-21-7(3-9(20-21)24-11(14)15)8-4-19-10(22(6)8)12(2,23)13(16,17)18/h3-4,6,11,23H,5H2,1-2H3/t6-,12?/m0/s1. The van der Waals surface area contributed by atoms with Crippen LogP contribution >= 0.6 is 0 Å². The van der Waals surface area contributed by atoms with E-state index < -0.39 is 30.3 Å². The molecule has 1 N–H and O–H groups in total. The van der Waals surface area contributed by atoms with Gasteiger partial charge in [-0.3, -0.25) is 4.68 Å². The van der Waals surface area contributed by atoms with Crippen molar-refractivity contribution in [3.63, 3.8) is 0 Å². The Kier molecular flexibility index (Phi) is 3.59. The molecule has 0 fully saturated rings. The third-order valence-electron chi connectivity index (χ3n) is 3.89. The van der Waals surface area contributed by atoms with Gasteiger partial charge in [-0.05, 0) is 13.8 Å². The lowest BCUT2D eigenvalue weighted by Gasteiger charge is -2.31. The summed E-state index contributed by atoms with van der Waals surface area (Å²) in [5.41, 5.74) is -2.64. The van der Waals surface area contributed by atoms with Crippen LogP contribution in [0.15, 0.2) is 12.3 Å². The van der Waals surface area contributed by atoms with E-state index in [-0.39, 0.29) is 23.8 Å². The molecule has 3 rings (SSSR count). The molecule has 2 aromatic rings. The van der Waals surface area contributed by atoms with E-state index in [1.165, 1.54) is 15.3 Å². The number of nitrogens with zero attached hydrogens (tertiary/aromatic N) is 4. The van der Waals surface area contributed by atoms with Gasteiger partial charge in [0.2, 0.25) is 11.5 Å². The number of aromatic nitrogens is 4. The van der Waals surface area contributed by atoms with Gasteiger partial charge in [0.05, 0.1) is 30.2 Å². The zero-order valence-electron chi connectivity index (χ0n) is 12.6. The lowest BCUT2D eigenvalue weighted by molar-refractivity contribution is -0.262. The quantitative estimate of drug-likeness (QED) is 0.863. The highest BCUT2D eigenvalue weighted by Gasteiger charge is 2.55. The molecule has 132 valence electrons. The number of rotatable bonds is 3. The lowest BCUT2D eigenvalue weighted by atomic mass is 10.0. The number of hydrogen-bond acceptors (Lipinski definition) is 4. The third kappa shape index (κ3) is 2.43. The summed E-state index contributed by atoms with van der Waals surface area (Å²) in [5, 5.41) is 13.8. The highest BCUT2D eigenvalue weighted by molar-refractivity contribution is 5.58. The zero-order chi connectivity index (χ0) is 17.9. The van der Waals surface area contributed by atoms with E-state index >= 15 is 0 Å². The molecule has 0 saturated heterocycles.